The van der Waals surface area contributed by atoms with Gasteiger partial charge >= 0.3 is 0 Å². The van der Waals surface area contributed by atoms with Crippen molar-refractivity contribution in [1.82, 2.24) is 24.5 Å². The topological polar surface area (TPSA) is 98.5 Å². The van der Waals surface area contributed by atoms with Gasteiger partial charge in [0.25, 0.3) is 0 Å². The van der Waals surface area contributed by atoms with Crippen molar-refractivity contribution in [2.45, 2.75) is 4.90 Å². The maximum absolute atomic E-state index is 13.2. The van der Waals surface area contributed by atoms with Crippen molar-refractivity contribution in [3.63, 3.8) is 0 Å². The first-order chi connectivity index (χ1) is 14.8. The fourth-order valence-electron chi connectivity index (χ4n) is 2.69. The lowest BCUT2D eigenvalue weighted by molar-refractivity contribution is 0.306. The van der Waals surface area contributed by atoms with Gasteiger partial charge in [-0.05, 0) is 48.5 Å². The van der Waals surface area contributed by atoms with E-state index in [0.29, 0.717) is 17.0 Å². The first kappa shape index (κ1) is 21.1. The van der Waals surface area contributed by atoms with Crippen LogP contribution in [0.4, 0.5) is 8.78 Å². The van der Waals surface area contributed by atoms with Gasteiger partial charge in [0, 0.05) is 18.2 Å². The van der Waals surface area contributed by atoms with E-state index in [1.807, 2.05) is 0 Å². The van der Waals surface area contributed by atoms with Gasteiger partial charge in [-0.2, -0.15) is 4.52 Å². The summed E-state index contributed by atoms with van der Waals surface area (Å²) in [5.41, 5.74) is 1.07. The van der Waals surface area contributed by atoms with Gasteiger partial charge in [0.15, 0.2) is 11.5 Å². The molecular weight excluding hydrogens is 452 g/mol. The highest BCUT2D eigenvalue weighted by Crippen LogP contribution is 2.20. The zero-order valence-electron chi connectivity index (χ0n) is 15.7. The minimum absolute atomic E-state index is 0.0271. The molecular formula is C19H14ClF2N5O3S. The number of hydrogen-bond donors (Lipinski definition) is 1. The SMILES string of the molecule is O=S(=O)(NCCOc1ccc2nnc(-c3ccc(F)cc3)n2n1)c1ccc(F)c(Cl)c1. The van der Waals surface area contributed by atoms with Gasteiger partial charge in [-0.25, -0.2) is 21.9 Å². The van der Waals surface area contributed by atoms with Crippen LogP contribution >= 0.6 is 11.6 Å². The minimum atomic E-state index is -3.88. The van der Waals surface area contributed by atoms with Crippen LogP contribution in [0.1, 0.15) is 0 Å². The second-order valence-corrected chi connectivity index (χ2v) is 8.47. The number of sulfonamides is 1. The van der Waals surface area contributed by atoms with Crippen LogP contribution in [0.5, 0.6) is 5.88 Å². The molecule has 0 atom stereocenters. The molecule has 0 saturated heterocycles. The first-order valence-electron chi connectivity index (χ1n) is 8.89. The van der Waals surface area contributed by atoms with Gasteiger partial charge in [0.2, 0.25) is 15.9 Å². The predicted octanol–water partition coefficient (Wildman–Crippen LogP) is 3.08. The zero-order chi connectivity index (χ0) is 22.0. The first-order valence-corrected chi connectivity index (χ1v) is 10.8. The number of nitrogens with one attached hydrogen (secondary N) is 1. The van der Waals surface area contributed by atoms with Crippen LogP contribution in [0, 0.1) is 11.6 Å². The van der Waals surface area contributed by atoms with Crippen LogP contribution in [0.2, 0.25) is 5.02 Å². The number of benzene rings is 2. The van der Waals surface area contributed by atoms with E-state index in [1.165, 1.54) is 16.6 Å². The molecule has 0 bridgehead atoms. The van der Waals surface area contributed by atoms with E-state index in [9.17, 15) is 17.2 Å². The maximum Gasteiger partial charge on any atom is 0.240 e. The Balaban J connectivity index is 1.43. The van der Waals surface area contributed by atoms with Gasteiger partial charge in [-0.3, -0.25) is 0 Å². The summed E-state index contributed by atoms with van der Waals surface area (Å²) in [4.78, 5) is -0.160. The van der Waals surface area contributed by atoms with E-state index in [0.717, 1.165) is 18.2 Å². The van der Waals surface area contributed by atoms with Gasteiger partial charge in [0.1, 0.15) is 18.2 Å². The summed E-state index contributed by atoms with van der Waals surface area (Å²) in [5.74, 6) is -0.478. The van der Waals surface area contributed by atoms with Crippen LogP contribution in [-0.4, -0.2) is 41.4 Å². The van der Waals surface area contributed by atoms with Gasteiger partial charge < -0.3 is 4.74 Å². The zero-order valence-corrected chi connectivity index (χ0v) is 17.2. The van der Waals surface area contributed by atoms with Crippen LogP contribution in [-0.2, 0) is 10.0 Å². The van der Waals surface area contributed by atoms with Crippen molar-refractivity contribution < 1.29 is 21.9 Å². The van der Waals surface area contributed by atoms with E-state index in [-0.39, 0.29) is 34.8 Å². The second kappa shape index (κ2) is 8.53. The summed E-state index contributed by atoms with van der Waals surface area (Å²) < 4.78 is 60.2. The molecule has 1 N–H and O–H groups in total. The van der Waals surface area contributed by atoms with Crippen LogP contribution < -0.4 is 9.46 Å². The van der Waals surface area contributed by atoms with Gasteiger partial charge in [-0.15, -0.1) is 15.3 Å². The lowest BCUT2D eigenvalue weighted by atomic mass is 10.2. The minimum Gasteiger partial charge on any atom is -0.475 e. The summed E-state index contributed by atoms with van der Waals surface area (Å²) in [6, 6.07) is 12.0. The average molecular weight is 466 g/mol. The summed E-state index contributed by atoms with van der Waals surface area (Å²) >= 11 is 5.63. The molecule has 2 aromatic carbocycles. The molecule has 4 rings (SSSR count). The largest absolute Gasteiger partial charge is 0.475 e. The van der Waals surface area contributed by atoms with Crippen molar-refractivity contribution in [3.05, 3.63) is 71.3 Å². The van der Waals surface area contributed by atoms with Crippen LogP contribution in [0.3, 0.4) is 0 Å². The van der Waals surface area contributed by atoms with Crippen molar-refractivity contribution in [1.29, 1.82) is 0 Å². The average Bonchev–Trinajstić information content (AvgIpc) is 3.17. The Morgan fingerprint density at radius 3 is 2.55 bits per heavy atom. The number of nitrogens with zero attached hydrogens (tertiary/aromatic N) is 4. The van der Waals surface area contributed by atoms with E-state index in [1.54, 1.807) is 24.3 Å². The molecule has 0 saturated carbocycles. The molecule has 0 spiro atoms. The Morgan fingerprint density at radius 2 is 1.81 bits per heavy atom. The summed E-state index contributed by atoms with van der Waals surface area (Å²) in [6.07, 6.45) is 0. The standard InChI is InChI=1S/C19H14ClF2N5O3S/c20-15-11-14(5-6-16(15)22)31(28,29)23-9-10-30-18-8-7-17-24-25-19(27(17)26-18)12-1-3-13(21)4-2-12/h1-8,11,23H,9-10H2. The van der Waals surface area contributed by atoms with E-state index in [4.69, 9.17) is 16.3 Å². The molecule has 0 radical (unpaired) electrons. The molecule has 2 heterocycles. The number of hydrogen-bond acceptors (Lipinski definition) is 6. The predicted molar refractivity (Wildman–Crippen MR) is 108 cm³/mol. The Hall–Kier alpha value is -3.15. The number of halogens is 3. The van der Waals surface area contributed by atoms with Crippen molar-refractivity contribution in [3.8, 4) is 17.3 Å². The monoisotopic (exact) mass is 465 g/mol. The van der Waals surface area contributed by atoms with Crippen LogP contribution in [0.25, 0.3) is 17.0 Å². The molecule has 12 heteroatoms. The van der Waals surface area contributed by atoms with Gasteiger partial charge in [-0.1, -0.05) is 11.6 Å². The third-order valence-electron chi connectivity index (χ3n) is 4.19. The molecule has 0 unspecified atom stereocenters. The third kappa shape index (κ3) is 4.63. The summed E-state index contributed by atoms with van der Waals surface area (Å²) in [6.45, 7) is -0.0925. The molecule has 0 amide bonds. The van der Waals surface area contributed by atoms with Gasteiger partial charge in [0.05, 0.1) is 9.92 Å². The number of fused-ring (bicyclic) bond motifs is 1. The highest BCUT2D eigenvalue weighted by molar-refractivity contribution is 7.89. The fourth-order valence-corrected chi connectivity index (χ4v) is 3.97. The summed E-state index contributed by atoms with van der Waals surface area (Å²) in [7, 11) is -3.88. The van der Waals surface area contributed by atoms with E-state index in [2.05, 4.69) is 20.0 Å². The van der Waals surface area contributed by atoms with Crippen molar-refractivity contribution in [2.75, 3.05) is 13.2 Å². The van der Waals surface area contributed by atoms with E-state index >= 15 is 0 Å². The molecule has 2 aromatic heterocycles. The Bertz CT molecular complexity index is 1350. The number of rotatable bonds is 7. The Kier molecular flexibility index (Phi) is 5.81. The van der Waals surface area contributed by atoms with E-state index < -0.39 is 15.8 Å². The van der Waals surface area contributed by atoms with Crippen molar-refractivity contribution >= 4 is 27.3 Å². The lowest BCUT2D eigenvalue weighted by Crippen LogP contribution is -2.28. The third-order valence-corrected chi connectivity index (χ3v) is 5.93. The summed E-state index contributed by atoms with van der Waals surface area (Å²) in [5, 5.41) is 12.1. The van der Waals surface area contributed by atoms with Crippen LogP contribution in [0.15, 0.2) is 59.5 Å². The lowest BCUT2D eigenvalue weighted by Gasteiger charge is -2.09. The highest BCUT2D eigenvalue weighted by atomic mass is 35.5. The maximum atomic E-state index is 13.2. The second-order valence-electron chi connectivity index (χ2n) is 6.29. The molecule has 160 valence electrons. The molecule has 0 aliphatic carbocycles. The normalized spacial score (nSPS) is 11.7. The Morgan fingerprint density at radius 1 is 1.03 bits per heavy atom. The number of ether oxygens (including phenoxy) is 1. The Labute approximate surface area is 180 Å². The fraction of sp³-hybridized carbons (Fsp3) is 0.105. The molecule has 0 fully saturated rings. The molecule has 0 aliphatic heterocycles. The molecule has 8 nitrogen and oxygen atoms in total. The number of aromatic nitrogens is 4. The molecule has 31 heavy (non-hydrogen) atoms. The molecule has 4 aromatic rings. The highest BCUT2D eigenvalue weighted by Gasteiger charge is 2.16. The van der Waals surface area contributed by atoms with Crippen molar-refractivity contribution in [2.24, 2.45) is 0 Å². The smallest absolute Gasteiger partial charge is 0.240 e. The molecule has 0 aliphatic rings. The quantitative estimate of drug-likeness (QED) is 0.421.